The lowest BCUT2D eigenvalue weighted by Crippen LogP contribution is -2.13. The minimum Gasteiger partial charge on any atom is -0.454 e. The van der Waals surface area contributed by atoms with E-state index in [9.17, 15) is 18.1 Å². The number of hydrogen-bond acceptors (Lipinski definition) is 9. The smallest absolute Gasteiger partial charge is 0.263 e. The third-order valence-electron chi connectivity index (χ3n) is 5.05. The molecule has 0 spiro atoms. The van der Waals surface area contributed by atoms with E-state index in [4.69, 9.17) is 10.1 Å². The number of rotatable bonds is 9. The van der Waals surface area contributed by atoms with Crippen molar-refractivity contribution >= 4 is 38.4 Å². The number of nitriles is 1. The summed E-state index contributed by atoms with van der Waals surface area (Å²) in [7, 11) is -2.31. The number of hydrogen-bond donors (Lipinski definition) is 3. The molecule has 0 unspecified atom stereocenters. The highest BCUT2D eigenvalue weighted by molar-refractivity contribution is 7.93. The van der Waals surface area contributed by atoms with Crippen molar-refractivity contribution in [2.45, 2.75) is 4.90 Å². The van der Waals surface area contributed by atoms with Gasteiger partial charge in [-0.25, -0.2) is 17.8 Å². The number of aromatic nitrogens is 2. The molecule has 9 nitrogen and oxygen atoms in total. The van der Waals surface area contributed by atoms with Gasteiger partial charge < -0.3 is 15.5 Å². The summed E-state index contributed by atoms with van der Waals surface area (Å²) in [5, 5.41) is 22.0. The molecule has 37 heavy (non-hydrogen) atoms. The van der Waals surface area contributed by atoms with Crippen LogP contribution in [0.2, 0.25) is 0 Å². The van der Waals surface area contributed by atoms with Gasteiger partial charge in [-0.15, -0.1) is 11.3 Å². The largest absolute Gasteiger partial charge is 0.454 e. The van der Waals surface area contributed by atoms with Gasteiger partial charge >= 0.3 is 0 Å². The van der Waals surface area contributed by atoms with Crippen molar-refractivity contribution in [3.63, 3.8) is 0 Å². The number of nitrogens with zero attached hydrogens (tertiary/aromatic N) is 3. The van der Waals surface area contributed by atoms with Crippen LogP contribution in [-0.4, -0.2) is 31.6 Å². The predicted molar refractivity (Wildman–Crippen MR) is 140 cm³/mol. The molecule has 3 N–H and O–H groups in total. The molecular formula is C25H19FN6O3S2. The van der Waals surface area contributed by atoms with E-state index in [0.29, 0.717) is 22.5 Å². The summed E-state index contributed by atoms with van der Waals surface area (Å²) in [6.07, 6.45) is 5.48. The summed E-state index contributed by atoms with van der Waals surface area (Å²) in [5.41, 5.74) is 1.98. The SMILES string of the molecule is CN/C(=C\C=N)c1cc(-c2cccc(F)c2)ncc1Oc1ccc(S(=O)(=O)Nc2nccs2)cc1C#N. The first-order valence-electron chi connectivity index (χ1n) is 10.6. The standard InChI is InChI=1S/C25H19FN6O3S2/c1-29-21(7-8-27)20-13-22(16-3-2-4-18(26)11-16)31-15-24(20)35-23-6-5-19(12-17(23)14-28)37(33,34)32-25-30-9-10-36-25/h2-13,15,27,29H,1H3,(H,30,32)/b21-7-,27-8?. The number of halogens is 1. The number of anilines is 1. The first kappa shape index (κ1) is 25.5. The second-order valence-corrected chi connectivity index (χ2v) is 9.96. The summed E-state index contributed by atoms with van der Waals surface area (Å²) in [6, 6.07) is 13.5. The molecule has 12 heteroatoms. The molecule has 0 saturated carbocycles. The fraction of sp³-hybridized carbons (Fsp3) is 0.0400. The molecule has 0 atom stereocenters. The van der Waals surface area contributed by atoms with Gasteiger partial charge in [0.05, 0.1) is 22.3 Å². The molecule has 0 fully saturated rings. The highest BCUT2D eigenvalue weighted by Crippen LogP contribution is 2.34. The van der Waals surface area contributed by atoms with Gasteiger partial charge in [-0.1, -0.05) is 12.1 Å². The van der Waals surface area contributed by atoms with E-state index < -0.39 is 15.8 Å². The Morgan fingerprint density at radius 3 is 2.70 bits per heavy atom. The zero-order chi connectivity index (χ0) is 26.4. The highest BCUT2D eigenvalue weighted by atomic mass is 32.2. The summed E-state index contributed by atoms with van der Waals surface area (Å²) in [5.74, 6) is -0.0821. The Kier molecular flexibility index (Phi) is 7.57. The molecule has 2 aromatic heterocycles. The monoisotopic (exact) mass is 534 g/mol. The lowest BCUT2D eigenvalue weighted by atomic mass is 10.1. The van der Waals surface area contributed by atoms with E-state index in [-0.39, 0.29) is 27.1 Å². The van der Waals surface area contributed by atoms with E-state index in [0.717, 1.165) is 17.6 Å². The summed E-state index contributed by atoms with van der Waals surface area (Å²) in [4.78, 5) is 8.16. The van der Waals surface area contributed by atoms with Gasteiger partial charge in [0, 0.05) is 41.7 Å². The van der Waals surface area contributed by atoms with Crippen LogP contribution in [-0.2, 0) is 10.0 Å². The molecule has 2 heterocycles. The quantitative estimate of drug-likeness (QED) is 0.256. The Balaban J connectivity index is 1.73. The average molecular weight is 535 g/mol. The molecule has 0 saturated heterocycles. The van der Waals surface area contributed by atoms with Gasteiger partial charge in [0.15, 0.2) is 10.9 Å². The van der Waals surface area contributed by atoms with Crippen LogP contribution in [0.4, 0.5) is 9.52 Å². The van der Waals surface area contributed by atoms with Crippen molar-refractivity contribution in [3.8, 4) is 28.8 Å². The Labute approximate surface area is 216 Å². The fourth-order valence-electron chi connectivity index (χ4n) is 3.35. The number of thiazole rings is 1. The first-order chi connectivity index (χ1) is 17.8. The maximum atomic E-state index is 13.8. The summed E-state index contributed by atoms with van der Waals surface area (Å²) >= 11 is 1.12. The molecule has 0 aliphatic heterocycles. The van der Waals surface area contributed by atoms with Crippen LogP contribution in [0, 0.1) is 22.6 Å². The zero-order valence-electron chi connectivity index (χ0n) is 19.3. The topological polar surface area (TPSA) is 141 Å². The third kappa shape index (κ3) is 5.80. The summed E-state index contributed by atoms with van der Waals surface area (Å²) in [6.45, 7) is 0. The van der Waals surface area contributed by atoms with Gasteiger partial charge in [-0.05, 0) is 42.5 Å². The molecular weight excluding hydrogens is 515 g/mol. The maximum absolute atomic E-state index is 13.8. The number of benzene rings is 2. The van der Waals surface area contributed by atoms with Crippen LogP contribution in [0.15, 0.2) is 77.3 Å². The van der Waals surface area contributed by atoms with Crippen molar-refractivity contribution in [1.82, 2.24) is 15.3 Å². The van der Waals surface area contributed by atoms with Crippen LogP contribution in [0.25, 0.3) is 17.0 Å². The van der Waals surface area contributed by atoms with Gasteiger partial charge in [0.25, 0.3) is 10.0 Å². The van der Waals surface area contributed by atoms with Crippen LogP contribution >= 0.6 is 11.3 Å². The molecule has 0 aliphatic rings. The van der Waals surface area contributed by atoms with Crippen molar-refractivity contribution < 1.29 is 17.5 Å². The lowest BCUT2D eigenvalue weighted by molar-refractivity contribution is 0.476. The van der Waals surface area contributed by atoms with Crippen molar-refractivity contribution in [2.24, 2.45) is 0 Å². The van der Waals surface area contributed by atoms with E-state index in [1.807, 2.05) is 6.07 Å². The number of sulfonamides is 1. The number of nitrogens with one attached hydrogen (secondary N) is 3. The second kappa shape index (κ2) is 11.0. The Morgan fingerprint density at radius 1 is 1.19 bits per heavy atom. The molecule has 186 valence electrons. The highest BCUT2D eigenvalue weighted by Gasteiger charge is 2.20. The van der Waals surface area contributed by atoms with E-state index in [1.165, 1.54) is 48.8 Å². The van der Waals surface area contributed by atoms with E-state index in [2.05, 4.69) is 20.0 Å². The molecule has 0 radical (unpaired) electrons. The van der Waals surface area contributed by atoms with Crippen molar-refractivity contribution in [3.05, 3.63) is 89.3 Å². The van der Waals surface area contributed by atoms with E-state index in [1.54, 1.807) is 30.6 Å². The van der Waals surface area contributed by atoms with Gasteiger partial charge in [0.2, 0.25) is 0 Å². The molecule has 0 amide bonds. The van der Waals surface area contributed by atoms with Crippen LogP contribution in [0.1, 0.15) is 11.1 Å². The molecule has 4 aromatic rings. The Morgan fingerprint density at radius 2 is 2.03 bits per heavy atom. The van der Waals surface area contributed by atoms with Crippen LogP contribution in [0.3, 0.4) is 0 Å². The molecule has 4 rings (SSSR count). The van der Waals surface area contributed by atoms with E-state index >= 15 is 0 Å². The molecule has 0 aliphatic carbocycles. The van der Waals surface area contributed by atoms with Crippen molar-refractivity contribution in [1.29, 1.82) is 10.7 Å². The van der Waals surface area contributed by atoms with Crippen molar-refractivity contribution in [2.75, 3.05) is 11.8 Å². The average Bonchev–Trinajstić information content (AvgIpc) is 3.40. The van der Waals surface area contributed by atoms with Crippen LogP contribution < -0.4 is 14.8 Å². The molecule has 2 aromatic carbocycles. The minimum atomic E-state index is -3.97. The van der Waals surface area contributed by atoms with Gasteiger partial charge in [-0.2, -0.15) is 5.26 Å². The second-order valence-electron chi connectivity index (χ2n) is 7.39. The number of ether oxygens (including phenoxy) is 1. The Bertz CT molecular complexity index is 1630. The first-order valence-corrected chi connectivity index (χ1v) is 13.0. The van der Waals surface area contributed by atoms with Gasteiger partial charge in [0.1, 0.15) is 17.6 Å². The number of allylic oxidation sites excluding steroid dienone is 1. The zero-order valence-corrected chi connectivity index (χ0v) is 20.9. The van der Waals surface area contributed by atoms with Gasteiger partial charge in [-0.3, -0.25) is 9.71 Å². The normalized spacial score (nSPS) is 11.4. The van der Waals surface area contributed by atoms with Crippen LogP contribution in [0.5, 0.6) is 11.5 Å². The third-order valence-corrected chi connectivity index (χ3v) is 7.21. The minimum absolute atomic E-state index is 0.0239. The predicted octanol–water partition coefficient (Wildman–Crippen LogP) is 5.02. The summed E-state index contributed by atoms with van der Waals surface area (Å²) < 4.78 is 47.6. The molecule has 0 bridgehead atoms. The maximum Gasteiger partial charge on any atom is 0.263 e. The number of pyridine rings is 1. The Hall–Kier alpha value is -4.60. The lowest BCUT2D eigenvalue weighted by Gasteiger charge is -2.16. The fourth-order valence-corrected chi connectivity index (χ4v) is 5.16.